The zero-order valence-electron chi connectivity index (χ0n) is 10.2. The van der Waals surface area contributed by atoms with Gasteiger partial charge in [0.05, 0.1) is 0 Å². The number of hydrogen-bond donors (Lipinski definition) is 1. The zero-order chi connectivity index (χ0) is 13.0. The van der Waals surface area contributed by atoms with Gasteiger partial charge >= 0.3 is 0 Å². The third-order valence-corrected chi connectivity index (χ3v) is 3.69. The first-order valence-electron chi connectivity index (χ1n) is 5.96. The summed E-state index contributed by atoms with van der Waals surface area (Å²) >= 11 is 9.64. The van der Waals surface area contributed by atoms with Crippen LogP contribution < -0.4 is 5.32 Å². The molecule has 0 aliphatic heterocycles. The number of nitrogens with one attached hydrogen (secondary N) is 1. The second kappa shape index (κ2) is 6.37. The summed E-state index contributed by atoms with van der Waals surface area (Å²) in [6.45, 7) is 3.84. The zero-order valence-corrected chi connectivity index (χ0v) is 12.6. The largest absolute Gasteiger partial charge is 0.313 e. The van der Waals surface area contributed by atoms with Crippen LogP contribution in [0.15, 0.2) is 46.9 Å². The first kappa shape index (κ1) is 13.6. The lowest BCUT2D eigenvalue weighted by Gasteiger charge is -2.08. The number of halogens is 2. The molecule has 1 N–H and O–H groups in total. The molecule has 94 valence electrons. The number of hydrogen-bond acceptors (Lipinski definition) is 1. The van der Waals surface area contributed by atoms with Gasteiger partial charge in [-0.1, -0.05) is 52.7 Å². The molecule has 2 rings (SSSR count). The van der Waals surface area contributed by atoms with E-state index in [1.165, 1.54) is 11.1 Å². The van der Waals surface area contributed by atoms with Crippen LogP contribution in [-0.4, -0.2) is 6.54 Å². The van der Waals surface area contributed by atoms with Crippen LogP contribution in [0, 0.1) is 0 Å². The summed E-state index contributed by atoms with van der Waals surface area (Å²) in [6.07, 6.45) is 0. The molecule has 0 spiro atoms. The van der Waals surface area contributed by atoms with Crippen LogP contribution in [0.1, 0.15) is 12.5 Å². The van der Waals surface area contributed by atoms with Gasteiger partial charge in [-0.15, -0.1) is 0 Å². The monoisotopic (exact) mass is 323 g/mol. The predicted octanol–water partition coefficient (Wildman–Crippen LogP) is 4.88. The maximum atomic E-state index is 6.20. The van der Waals surface area contributed by atoms with Crippen molar-refractivity contribution in [3.63, 3.8) is 0 Å². The summed E-state index contributed by atoms with van der Waals surface area (Å²) in [6, 6.07) is 14.5. The van der Waals surface area contributed by atoms with Gasteiger partial charge < -0.3 is 5.32 Å². The van der Waals surface area contributed by atoms with Crippen LogP contribution in [-0.2, 0) is 6.54 Å². The van der Waals surface area contributed by atoms with Crippen LogP contribution in [0.4, 0.5) is 0 Å². The van der Waals surface area contributed by atoms with Crippen molar-refractivity contribution < 1.29 is 0 Å². The standard InChI is InChI=1S/C15H15BrClN/c1-2-18-10-13-9-12(5-8-15(13)17)11-3-6-14(16)7-4-11/h3-9,18H,2,10H2,1H3. The molecule has 18 heavy (non-hydrogen) atoms. The molecule has 0 atom stereocenters. The Hall–Kier alpha value is -0.830. The Balaban J connectivity index is 2.31. The third-order valence-electron chi connectivity index (χ3n) is 2.79. The van der Waals surface area contributed by atoms with Crippen LogP contribution in [0.2, 0.25) is 5.02 Å². The average molecular weight is 325 g/mol. The molecular formula is C15H15BrClN. The fraction of sp³-hybridized carbons (Fsp3) is 0.200. The number of rotatable bonds is 4. The van der Waals surface area contributed by atoms with E-state index in [1.54, 1.807) is 0 Å². The quantitative estimate of drug-likeness (QED) is 0.845. The van der Waals surface area contributed by atoms with Gasteiger partial charge in [-0.25, -0.2) is 0 Å². The minimum atomic E-state index is 0.805. The van der Waals surface area contributed by atoms with Crippen molar-refractivity contribution in [2.24, 2.45) is 0 Å². The molecule has 0 aliphatic rings. The number of benzene rings is 2. The Morgan fingerprint density at radius 2 is 1.72 bits per heavy atom. The van der Waals surface area contributed by atoms with E-state index in [2.05, 4.69) is 52.4 Å². The van der Waals surface area contributed by atoms with Gasteiger partial charge in [0, 0.05) is 16.0 Å². The van der Waals surface area contributed by atoms with Crippen molar-refractivity contribution in [2.45, 2.75) is 13.5 Å². The molecule has 2 aromatic carbocycles. The van der Waals surface area contributed by atoms with Crippen molar-refractivity contribution in [3.05, 3.63) is 57.5 Å². The Morgan fingerprint density at radius 1 is 1.06 bits per heavy atom. The van der Waals surface area contributed by atoms with Crippen LogP contribution in [0.25, 0.3) is 11.1 Å². The summed E-state index contributed by atoms with van der Waals surface area (Å²) in [4.78, 5) is 0. The molecule has 0 aliphatic carbocycles. The van der Waals surface area contributed by atoms with Crippen molar-refractivity contribution >= 4 is 27.5 Å². The fourth-order valence-electron chi connectivity index (χ4n) is 1.79. The van der Waals surface area contributed by atoms with Crippen molar-refractivity contribution in [1.82, 2.24) is 5.32 Å². The van der Waals surface area contributed by atoms with E-state index in [0.717, 1.165) is 28.1 Å². The molecule has 0 saturated heterocycles. The second-order valence-electron chi connectivity index (χ2n) is 4.09. The van der Waals surface area contributed by atoms with Crippen LogP contribution in [0.3, 0.4) is 0 Å². The highest BCUT2D eigenvalue weighted by Gasteiger charge is 2.03. The Bertz CT molecular complexity index is 523. The van der Waals surface area contributed by atoms with Crippen LogP contribution in [0.5, 0.6) is 0 Å². The SMILES string of the molecule is CCNCc1cc(-c2ccc(Br)cc2)ccc1Cl. The lowest BCUT2D eigenvalue weighted by molar-refractivity contribution is 0.727. The first-order valence-corrected chi connectivity index (χ1v) is 7.13. The maximum Gasteiger partial charge on any atom is 0.0451 e. The van der Waals surface area contributed by atoms with Crippen LogP contribution >= 0.6 is 27.5 Å². The predicted molar refractivity (Wildman–Crippen MR) is 82.0 cm³/mol. The molecule has 3 heteroatoms. The third kappa shape index (κ3) is 3.35. The molecule has 0 amide bonds. The molecule has 0 bridgehead atoms. The summed E-state index contributed by atoms with van der Waals surface area (Å²) in [5.41, 5.74) is 3.53. The average Bonchev–Trinajstić information content (AvgIpc) is 2.39. The molecule has 1 nitrogen and oxygen atoms in total. The second-order valence-corrected chi connectivity index (χ2v) is 5.42. The topological polar surface area (TPSA) is 12.0 Å². The van der Waals surface area contributed by atoms with Gasteiger partial charge in [0.25, 0.3) is 0 Å². The highest BCUT2D eigenvalue weighted by atomic mass is 79.9. The van der Waals surface area contributed by atoms with E-state index < -0.39 is 0 Å². The van der Waals surface area contributed by atoms with Gasteiger partial charge in [0.15, 0.2) is 0 Å². The van der Waals surface area contributed by atoms with E-state index >= 15 is 0 Å². The molecule has 0 fully saturated rings. The smallest absolute Gasteiger partial charge is 0.0451 e. The summed E-state index contributed by atoms with van der Waals surface area (Å²) in [7, 11) is 0. The molecule has 2 aromatic rings. The molecule has 0 saturated carbocycles. The van der Waals surface area contributed by atoms with Gasteiger partial charge in [-0.2, -0.15) is 0 Å². The Kier molecular flexibility index (Phi) is 4.81. The lowest BCUT2D eigenvalue weighted by atomic mass is 10.0. The molecule has 0 radical (unpaired) electrons. The normalized spacial score (nSPS) is 10.6. The molecule has 0 aromatic heterocycles. The van der Waals surface area contributed by atoms with Crippen molar-refractivity contribution in [3.8, 4) is 11.1 Å². The highest BCUT2D eigenvalue weighted by Crippen LogP contribution is 2.26. The van der Waals surface area contributed by atoms with Crippen molar-refractivity contribution in [1.29, 1.82) is 0 Å². The van der Waals surface area contributed by atoms with Gasteiger partial charge in [-0.05, 0) is 47.5 Å². The summed E-state index contributed by atoms with van der Waals surface area (Å²) < 4.78 is 1.09. The summed E-state index contributed by atoms with van der Waals surface area (Å²) in [5, 5.41) is 4.12. The van der Waals surface area contributed by atoms with Gasteiger partial charge in [-0.3, -0.25) is 0 Å². The fourth-order valence-corrected chi connectivity index (χ4v) is 2.24. The van der Waals surface area contributed by atoms with E-state index in [9.17, 15) is 0 Å². The van der Waals surface area contributed by atoms with Gasteiger partial charge in [0.1, 0.15) is 0 Å². The Morgan fingerprint density at radius 3 is 2.39 bits per heavy atom. The van der Waals surface area contributed by atoms with Crippen molar-refractivity contribution in [2.75, 3.05) is 6.54 Å². The van der Waals surface area contributed by atoms with E-state index in [0.29, 0.717) is 0 Å². The van der Waals surface area contributed by atoms with E-state index in [4.69, 9.17) is 11.6 Å². The highest BCUT2D eigenvalue weighted by molar-refractivity contribution is 9.10. The van der Waals surface area contributed by atoms with E-state index in [1.807, 2.05) is 18.2 Å². The minimum Gasteiger partial charge on any atom is -0.313 e. The maximum absolute atomic E-state index is 6.20. The first-order chi connectivity index (χ1) is 8.70. The Labute approximate surface area is 121 Å². The molecule has 0 heterocycles. The summed E-state index contributed by atoms with van der Waals surface area (Å²) in [5.74, 6) is 0. The van der Waals surface area contributed by atoms with Gasteiger partial charge in [0.2, 0.25) is 0 Å². The molecular weight excluding hydrogens is 310 g/mol. The lowest BCUT2D eigenvalue weighted by Crippen LogP contribution is -2.12. The molecule has 0 unspecified atom stereocenters. The minimum absolute atomic E-state index is 0.805. The van der Waals surface area contributed by atoms with E-state index in [-0.39, 0.29) is 0 Å².